The third-order valence-corrected chi connectivity index (χ3v) is 1.74. The van der Waals surface area contributed by atoms with E-state index in [0.29, 0.717) is 17.1 Å². The zero-order valence-corrected chi connectivity index (χ0v) is 7.51. The molecule has 1 rings (SSSR count). The summed E-state index contributed by atoms with van der Waals surface area (Å²) in [4.78, 5) is 11.2. The van der Waals surface area contributed by atoms with Crippen molar-refractivity contribution in [2.45, 2.75) is 6.92 Å². The molecule has 0 aromatic heterocycles. The molecule has 0 aliphatic rings. The van der Waals surface area contributed by atoms with Crippen LogP contribution in [-0.4, -0.2) is 12.5 Å². The maximum Gasteiger partial charge on any atom is 0.273 e. The van der Waals surface area contributed by atoms with Gasteiger partial charge in [-0.15, -0.1) is 0 Å². The van der Waals surface area contributed by atoms with Gasteiger partial charge >= 0.3 is 0 Å². The molecule has 1 amide bonds. The van der Waals surface area contributed by atoms with Crippen LogP contribution in [-0.2, 0) is 0 Å². The van der Waals surface area contributed by atoms with Crippen molar-refractivity contribution in [3.63, 3.8) is 0 Å². The van der Waals surface area contributed by atoms with Crippen LogP contribution >= 0.6 is 11.6 Å². The first kappa shape index (κ1) is 9.07. The van der Waals surface area contributed by atoms with Crippen LogP contribution in [0.2, 0.25) is 5.02 Å². The van der Waals surface area contributed by atoms with Gasteiger partial charge in [0.1, 0.15) is 0 Å². The van der Waals surface area contributed by atoms with E-state index in [-0.39, 0.29) is 5.91 Å². The SMILES string of the molecule is CC[N]C(=O)c1ccccc1Cl. The Morgan fingerprint density at radius 2 is 2.17 bits per heavy atom. The lowest BCUT2D eigenvalue weighted by atomic mass is 10.2. The van der Waals surface area contributed by atoms with Crippen molar-refractivity contribution in [2.24, 2.45) is 0 Å². The van der Waals surface area contributed by atoms with Crippen LogP contribution in [0.5, 0.6) is 0 Å². The van der Waals surface area contributed by atoms with Crippen molar-refractivity contribution in [3.05, 3.63) is 34.9 Å². The number of carbonyl (C=O) groups excluding carboxylic acids is 1. The van der Waals surface area contributed by atoms with Crippen molar-refractivity contribution in [3.8, 4) is 0 Å². The predicted molar refractivity (Wildman–Crippen MR) is 48.5 cm³/mol. The first-order valence-corrected chi connectivity index (χ1v) is 4.10. The molecule has 0 atom stereocenters. The molecule has 0 N–H and O–H groups in total. The van der Waals surface area contributed by atoms with Crippen LogP contribution in [0.15, 0.2) is 24.3 Å². The monoisotopic (exact) mass is 182 g/mol. The number of amides is 1. The van der Waals surface area contributed by atoms with Gasteiger partial charge in [-0.1, -0.05) is 23.7 Å². The summed E-state index contributed by atoms with van der Waals surface area (Å²) in [7, 11) is 0. The average Bonchev–Trinajstić information content (AvgIpc) is 2.05. The summed E-state index contributed by atoms with van der Waals surface area (Å²) in [6, 6.07) is 6.90. The normalized spacial score (nSPS) is 9.50. The van der Waals surface area contributed by atoms with E-state index in [0.717, 1.165) is 0 Å². The Morgan fingerprint density at radius 3 is 2.75 bits per heavy atom. The van der Waals surface area contributed by atoms with Crippen LogP contribution in [0.3, 0.4) is 0 Å². The Bertz CT molecular complexity index is 286. The highest BCUT2D eigenvalue weighted by molar-refractivity contribution is 6.33. The highest BCUT2D eigenvalue weighted by Crippen LogP contribution is 2.14. The highest BCUT2D eigenvalue weighted by Gasteiger charge is 2.08. The number of nitrogens with zero attached hydrogens (tertiary/aromatic N) is 1. The zero-order valence-electron chi connectivity index (χ0n) is 6.75. The second kappa shape index (κ2) is 4.12. The quantitative estimate of drug-likeness (QED) is 0.689. The van der Waals surface area contributed by atoms with E-state index in [1.165, 1.54) is 0 Å². The fourth-order valence-electron chi connectivity index (χ4n) is 0.863. The number of benzene rings is 1. The molecule has 0 aliphatic heterocycles. The van der Waals surface area contributed by atoms with Gasteiger partial charge in [0.2, 0.25) is 0 Å². The average molecular weight is 183 g/mol. The number of hydrogen-bond donors (Lipinski definition) is 0. The second-order valence-electron chi connectivity index (χ2n) is 2.26. The molecule has 12 heavy (non-hydrogen) atoms. The van der Waals surface area contributed by atoms with E-state index in [1.54, 1.807) is 24.3 Å². The predicted octanol–water partition coefficient (Wildman–Crippen LogP) is 2.10. The molecular formula is C9H9ClNO. The van der Waals surface area contributed by atoms with Crippen molar-refractivity contribution in [1.82, 2.24) is 5.32 Å². The van der Waals surface area contributed by atoms with E-state index in [1.807, 2.05) is 6.92 Å². The van der Waals surface area contributed by atoms with Crippen LogP contribution in [0, 0.1) is 0 Å². The summed E-state index contributed by atoms with van der Waals surface area (Å²) in [5, 5.41) is 4.19. The molecule has 0 bridgehead atoms. The minimum Gasteiger partial charge on any atom is -0.267 e. The molecule has 0 unspecified atom stereocenters. The smallest absolute Gasteiger partial charge is 0.267 e. The van der Waals surface area contributed by atoms with Crippen LogP contribution < -0.4 is 5.32 Å². The summed E-state index contributed by atoms with van der Waals surface area (Å²) < 4.78 is 0. The van der Waals surface area contributed by atoms with E-state index < -0.39 is 0 Å². The van der Waals surface area contributed by atoms with E-state index in [2.05, 4.69) is 5.32 Å². The standard InChI is InChI=1S/C9H9ClNO/c1-2-11-9(12)7-5-3-4-6-8(7)10/h3-6H,2H2,1H3. The lowest BCUT2D eigenvalue weighted by Crippen LogP contribution is -2.15. The largest absolute Gasteiger partial charge is 0.273 e. The summed E-state index contributed by atoms with van der Waals surface area (Å²) in [5.41, 5.74) is 0.473. The molecule has 0 aliphatic carbocycles. The second-order valence-corrected chi connectivity index (χ2v) is 2.67. The lowest BCUT2D eigenvalue weighted by molar-refractivity contribution is 0.0951. The molecule has 0 spiro atoms. The zero-order chi connectivity index (χ0) is 8.97. The first-order valence-electron chi connectivity index (χ1n) is 3.72. The lowest BCUT2D eigenvalue weighted by Gasteiger charge is -2.00. The van der Waals surface area contributed by atoms with Gasteiger partial charge in [-0.25, -0.2) is 5.32 Å². The molecule has 63 valence electrons. The summed E-state index contributed by atoms with van der Waals surface area (Å²) in [5.74, 6) is -0.247. The van der Waals surface area contributed by atoms with Crippen molar-refractivity contribution in [2.75, 3.05) is 6.54 Å². The van der Waals surface area contributed by atoms with Gasteiger partial charge in [0, 0.05) is 6.54 Å². The highest BCUT2D eigenvalue weighted by atomic mass is 35.5. The van der Waals surface area contributed by atoms with Crippen molar-refractivity contribution >= 4 is 17.5 Å². The van der Waals surface area contributed by atoms with Gasteiger partial charge in [0.25, 0.3) is 5.91 Å². The summed E-state index contributed by atoms with van der Waals surface area (Å²) >= 11 is 5.77. The topological polar surface area (TPSA) is 31.2 Å². The Morgan fingerprint density at radius 1 is 1.50 bits per heavy atom. The van der Waals surface area contributed by atoms with Gasteiger partial charge in [-0.2, -0.15) is 0 Å². The van der Waals surface area contributed by atoms with Gasteiger partial charge in [0.05, 0.1) is 10.6 Å². The van der Waals surface area contributed by atoms with E-state index in [4.69, 9.17) is 11.6 Å². The fourth-order valence-corrected chi connectivity index (χ4v) is 1.08. The van der Waals surface area contributed by atoms with Crippen LogP contribution in [0.1, 0.15) is 17.3 Å². The number of rotatable bonds is 2. The van der Waals surface area contributed by atoms with Gasteiger partial charge in [-0.3, -0.25) is 4.79 Å². The third kappa shape index (κ3) is 1.98. The molecule has 1 aromatic rings. The molecule has 3 heteroatoms. The molecule has 0 heterocycles. The summed E-state index contributed by atoms with van der Waals surface area (Å²) in [6.45, 7) is 2.30. The fraction of sp³-hybridized carbons (Fsp3) is 0.222. The Balaban J connectivity index is 2.87. The Labute approximate surface area is 76.5 Å². The number of hydrogen-bond acceptors (Lipinski definition) is 1. The minimum atomic E-state index is -0.247. The van der Waals surface area contributed by atoms with Gasteiger partial charge < -0.3 is 0 Å². The first-order chi connectivity index (χ1) is 5.75. The third-order valence-electron chi connectivity index (χ3n) is 1.41. The van der Waals surface area contributed by atoms with Crippen molar-refractivity contribution in [1.29, 1.82) is 0 Å². The molecule has 1 aromatic carbocycles. The Kier molecular flexibility index (Phi) is 3.11. The van der Waals surface area contributed by atoms with Gasteiger partial charge in [0.15, 0.2) is 0 Å². The molecular weight excluding hydrogens is 174 g/mol. The van der Waals surface area contributed by atoms with Crippen LogP contribution in [0.4, 0.5) is 0 Å². The van der Waals surface area contributed by atoms with Crippen LogP contribution in [0.25, 0.3) is 0 Å². The van der Waals surface area contributed by atoms with Crippen molar-refractivity contribution < 1.29 is 4.79 Å². The molecule has 1 radical (unpaired) electrons. The number of carbonyl (C=O) groups is 1. The Hall–Kier alpha value is -1.02. The number of halogens is 1. The molecule has 0 saturated heterocycles. The van der Waals surface area contributed by atoms with E-state index in [9.17, 15) is 4.79 Å². The molecule has 2 nitrogen and oxygen atoms in total. The maximum absolute atomic E-state index is 11.2. The minimum absolute atomic E-state index is 0.247. The molecule has 0 saturated carbocycles. The molecule has 0 fully saturated rings. The van der Waals surface area contributed by atoms with E-state index >= 15 is 0 Å². The summed E-state index contributed by atoms with van der Waals surface area (Å²) in [6.07, 6.45) is 0. The maximum atomic E-state index is 11.2. The van der Waals surface area contributed by atoms with Gasteiger partial charge in [-0.05, 0) is 19.1 Å².